The Morgan fingerprint density at radius 1 is 0.236 bits per heavy atom. The van der Waals surface area contributed by atoms with Crippen LogP contribution in [0.15, 0.2) is 218 Å². The Balaban J connectivity index is 1.17. The highest BCUT2D eigenvalue weighted by atomic mass is 15.0. The fourth-order valence-electron chi connectivity index (χ4n) is 11.0. The fourth-order valence-corrected chi connectivity index (χ4v) is 11.0. The van der Waals surface area contributed by atoms with Crippen molar-refractivity contribution in [2.45, 2.75) is 0 Å². The second-order valence-electron chi connectivity index (χ2n) is 18.1. The van der Waals surface area contributed by atoms with E-state index in [0.717, 1.165) is 121 Å². The van der Waals surface area contributed by atoms with Crippen LogP contribution in [0.4, 0.5) is 0 Å². The summed E-state index contributed by atoms with van der Waals surface area (Å²) in [5.74, 6) is 0. The van der Waals surface area contributed by atoms with E-state index < -0.39 is 0 Å². The van der Waals surface area contributed by atoms with Crippen LogP contribution >= 0.6 is 0 Å². The fraction of sp³-hybridized carbons (Fsp3) is 0. The van der Waals surface area contributed by atoms with Gasteiger partial charge in [0.1, 0.15) is 0 Å². The highest BCUT2D eigenvalue weighted by molar-refractivity contribution is 6.23. The van der Waals surface area contributed by atoms with E-state index in [-0.39, 0.29) is 0 Å². The van der Waals surface area contributed by atoms with Crippen molar-refractivity contribution in [3.63, 3.8) is 0 Å². The van der Waals surface area contributed by atoms with Gasteiger partial charge < -0.3 is 9.13 Å². The van der Waals surface area contributed by atoms with Crippen LogP contribution in [-0.2, 0) is 0 Å². The Bertz CT molecular complexity index is 4170. The molecule has 0 saturated carbocycles. The highest BCUT2D eigenvalue weighted by Crippen LogP contribution is 2.47. The third-order valence-corrected chi connectivity index (χ3v) is 14.2. The maximum absolute atomic E-state index is 10.0. The summed E-state index contributed by atoms with van der Waals surface area (Å²) in [5, 5.41) is 47.9. The molecular weight excluding hydrogens is 877 g/mol. The molecule has 72 heavy (non-hydrogen) atoms. The van der Waals surface area contributed by atoms with Crippen LogP contribution in [0.3, 0.4) is 0 Å². The van der Waals surface area contributed by atoms with Crippen LogP contribution < -0.4 is 0 Å². The quantitative estimate of drug-likeness (QED) is 0.155. The summed E-state index contributed by atoms with van der Waals surface area (Å²) in [5.41, 5.74) is 16.5. The first kappa shape index (κ1) is 41.7. The predicted molar refractivity (Wildman–Crippen MR) is 291 cm³/mol. The first-order chi connectivity index (χ1) is 35.5. The minimum atomic E-state index is 0.552. The lowest BCUT2D eigenvalue weighted by Gasteiger charge is -2.21. The van der Waals surface area contributed by atoms with Crippen molar-refractivity contribution >= 4 is 65.2 Å². The summed E-state index contributed by atoms with van der Waals surface area (Å²) < 4.78 is 4.49. The molecule has 2 heterocycles. The topological polar surface area (TPSA) is 105 Å². The molecule has 0 spiro atoms. The molecule has 6 heteroatoms. The lowest BCUT2D eigenvalue weighted by atomic mass is 9.84. The molecular formula is C66H36N6. The van der Waals surface area contributed by atoms with Gasteiger partial charge in [0, 0.05) is 32.9 Å². The average Bonchev–Trinajstić information content (AvgIpc) is 3.95. The minimum Gasteiger partial charge on any atom is -0.309 e. The number of rotatable bonds is 6. The van der Waals surface area contributed by atoms with Gasteiger partial charge in [-0.25, -0.2) is 0 Å². The van der Waals surface area contributed by atoms with Gasteiger partial charge in [0.05, 0.1) is 68.6 Å². The molecule has 0 atom stereocenters. The normalized spacial score (nSPS) is 11.3. The van der Waals surface area contributed by atoms with Crippen molar-refractivity contribution in [2.75, 3.05) is 0 Å². The molecule has 13 rings (SSSR count). The Morgan fingerprint density at radius 3 is 0.889 bits per heavy atom. The largest absolute Gasteiger partial charge is 0.309 e. The molecule has 11 aromatic carbocycles. The van der Waals surface area contributed by atoms with E-state index in [1.807, 2.05) is 84.9 Å². The summed E-state index contributed by atoms with van der Waals surface area (Å²) in [4.78, 5) is 0. The molecule has 0 aliphatic rings. The van der Waals surface area contributed by atoms with E-state index in [1.54, 1.807) is 0 Å². The predicted octanol–water partition coefficient (Wildman–Crippen LogP) is 16.3. The highest BCUT2D eigenvalue weighted by Gasteiger charge is 2.23. The molecule has 330 valence electrons. The third-order valence-electron chi connectivity index (χ3n) is 14.2. The zero-order valence-electron chi connectivity index (χ0n) is 38.5. The van der Waals surface area contributed by atoms with Gasteiger partial charge in [0.25, 0.3) is 0 Å². The molecule has 0 fully saturated rings. The van der Waals surface area contributed by atoms with E-state index in [4.69, 9.17) is 0 Å². The number of hydrogen-bond acceptors (Lipinski definition) is 4. The van der Waals surface area contributed by atoms with Crippen LogP contribution in [0.2, 0.25) is 0 Å². The number of nitriles is 4. The van der Waals surface area contributed by atoms with Gasteiger partial charge in [-0.05, 0) is 175 Å². The van der Waals surface area contributed by atoms with Gasteiger partial charge in [-0.15, -0.1) is 0 Å². The number of fused-ring (bicyclic) bond motifs is 8. The lowest BCUT2D eigenvalue weighted by molar-refractivity contribution is 1.18. The second kappa shape index (κ2) is 16.6. The number of aromatic nitrogens is 2. The first-order valence-electron chi connectivity index (χ1n) is 23.6. The molecule has 0 aliphatic heterocycles. The van der Waals surface area contributed by atoms with Crippen molar-refractivity contribution in [3.8, 4) is 80.2 Å². The Morgan fingerprint density at radius 2 is 0.556 bits per heavy atom. The van der Waals surface area contributed by atoms with Crippen LogP contribution in [0.1, 0.15) is 22.3 Å². The van der Waals surface area contributed by atoms with Crippen molar-refractivity contribution in [3.05, 3.63) is 241 Å². The Labute approximate surface area is 414 Å². The molecule has 0 N–H and O–H groups in total. The third kappa shape index (κ3) is 6.61. The van der Waals surface area contributed by atoms with Crippen LogP contribution in [-0.4, -0.2) is 9.13 Å². The van der Waals surface area contributed by atoms with E-state index in [2.05, 4.69) is 167 Å². The van der Waals surface area contributed by atoms with Crippen molar-refractivity contribution in [1.82, 2.24) is 9.13 Å². The van der Waals surface area contributed by atoms with E-state index in [1.165, 1.54) is 0 Å². The molecule has 13 aromatic rings. The van der Waals surface area contributed by atoms with Gasteiger partial charge in [-0.3, -0.25) is 0 Å². The molecule has 0 radical (unpaired) electrons. The second-order valence-corrected chi connectivity index (χ2v) is 18.1. The molecule has 0 bridgehead atoms. The molecule has 6 nitrogen and oxygen atoms in total. The lowest BCUT2D eigenvalue weighted by Crippen LogP contribution is -1.98. The van der Waals surface area contributed by atoms with Crippen molar-refractivity contribution in [2.24, 2.45) is 0 Å². The summed E-state index contributed by atoms with van der Waals surface area (Å²) in [7, 11) is 0. The molecule has 0 amide bonds. The van der Waals surface area contributed by atoms with Crippen LogP contribution in [0.5, 0.6) is 0 Å². The molecule has 2 aromatic heterocycles. The Hall–Kier alpha value is -10.5. The Kier molecular flexibility index (Phi) is 9.62. The van der Waals surface area contributed by atoms with Gasteiger partial charge in [-0.1, -0.05) is 109 Å². The zero-order chi connectivity index (χ0) is 48.5. The standard InChI is InChI=1S/C66H36N6/c67-37-41-17-25-61-55(29-41)56-30-42(38-68)18-26-62(56)71(61)51-22-24-54-59(35-51)65(49-15-7-13-47(33-49)45-9-3-1-4-10-45)53-23-21-52(36-60(53)66(54)50-16-8-14-48(34-50)46-11-5-2-6-12-46)72-63-27-19-43(39-69)31-57(63)58-32-44(40-70)20-28-64(58)72/h1-36H. The van der Waals surface area contributed by atoms with E-state index in [0.29, 0.717) is 22.3 Å². The number of benzene rings is 11. The summed E-state index contributed by atoms with van der Waals surface area (Å²) in [6, 6.07) is 84.4. The van der Waals surface area contributed by atoms with Gasteiger partial charge in [-0.2, -0.15) is 21.0 Å². The monoisotopic (exact) mass is 912 g/mol. The van der Waals surface area contributed by atoms with Crippen LogP contribution in [0, 0.1) is 45.3 Å². The van der Waals surface area contributed by atoms with Crippen molar-refractivity contribution in [1.29, 1.82) is 21.0 Å². The van der Waals surface area contributed by atoms with Crippen molar-refractivity contribution < 1.29 is 0 Å². The number of hydrogen-bond donors (Lipinski definition) is 0. The maximum Gasteiger partial charge on any atom is 0.0991 e. The maximum atomic E-state index is 10.0. The van der Waals surface area contributed by atoms with Gasteiger partial charge in [0.15, 0.2) is 0 Å². The summed E-state index contributed by atoms with van der Waals surface area (Å²) in [6.07, 6.45) is 0. The molecule has 0 aliphatic carbocycles. The van der Waals surface area contributed by atoms with E-state index >= 15 is 0 Å². The van der Waals surface area contributed by atoms with Gasteiger partial charge >= 0.3 is 0 Å². The molecule has 0 saturated heterocycles. The molecule has 0 unspecified atom stereocenters. The average molecular weight is 913 g/mol. The zero-order valence-corrected chi connectivity index (χ0v) is 38.5. The van der Waals surface area contributed by atoms with E-state index in [9.17, 15) is 21.0 Å². The number of nitrogens with zero attached hydrogens (tertiary/aromatic N) is 6. The SMILES string of the molecule is N#Cc1ccc2c(c1)c1cc(C#N)ccc1n2-c1ccc2c(-c3cccc(-c4ccccc4)c3)c3cc(-n4c5ccc(C#N)cc5c5cc(C#N)ccc54)ccc3c(-c3cccc(-c4ccccc4)c3)c2c1. The van der Waals surface area contributed by atoms with Gasteiger partial charge in [0.2, 0.25) is 0 Å². The first-order valence-corrected chi connectivity index (χ1v) is 23.6. The minimum absolute atomic E-state index is 0.552. The summed E-state index contributed by atoms with van der Waals surface area (Å²) in [6.45, 7) is 0. The van der Waals surface area contributed by atoms with Crippen LogP contribution in [0.25, 0.3) is 121 Å². The summed E-state index contributed by atoms with van der Waals surface area (Å²) >= 11 is 0. The smallest absolute Gasteiger partial charge is 0.0991 e.